The first-order chi connectivity index (χ1) is 8.31. The van der Waals surface area contributed by atoms with Crippen molar-refractivity contribution in [3.63, 3.8) is 0 Å². The van der Waals surface area contributed by atoms with Crippen LogP contribution in [0.1, 0.15) is 12.0 Å². The monoisotopic (exact) mass is 232 g/mol. The zero-order valence-electron chi connectivity index (χ0n) is 9.82. The molecular formula is C13H16N2O2. The molecule has 0 radical (unpaired) electrons. The van der Waals surface area contributed by atoms with Gasteiger partial charge in [-0.25, -0.2) is 0 Å². The van der Waals surface area contributed by atoms with Gasteiger partial charge in [0.15, 0.2) is 0 Å². The van der Waals surface area contributed by atoms with Crippen LogP contribution in [0.3, 0.4) is 0 Å². The lowest BCUT2D eigenvalue weighted by Gasteiger charge is -2.03. The van der Waals surface area contributed by atoms with Gasteiger partial charge in [-0.05, 0) is 13.1 Å². The third kappa shape index (κ3) is 2.85. The Bertz CT molecular complexity index is 505. The number of para-hydroxylation sites is 1. The maximum absolute atomic E-state index is 11.4. The zero-order chi connectivity index (χ0) is 12.1. The van der Waals surface area contributed by atoms with Crippen LogP contribution in [0.4, 0.5) is 0 Å². The summed E-state index contributed by atoms with van der Waals surface area (Å²) in [5, 5.41) is 4.02. The van der Waals surface area contributed by atoms with E-state index < -0.39 is 0 Å². The van der Waals surface area contributed by atoms with Gasteiger partial charge in [0.05, 0.1) is 6.42 Å². The second kappa shape index (κ2) is 5.50. The van der Waals surface area contributed by atoms with Crippen molar-refractivity contribution >= 4 is 16.9 Å². The molecule has 17 heavy (non-hydrogen) atoms. The topological polar surface area (TPSA) is 54.1 Å². The lowest BCUT2D eigenvalue weighted by molar-refractivity contribution is -0.144. The Kier molecular flexibility index (Phi) is 3.77. The van der Waals surface area contributed by atoms with E-state index in [9.17, 15) is 4.79 Å². The summed E-state index contributed by atoms with van der Waals surface area (Å²) in [6.07, 6.45) is 2.29. The molecule has 0 unspecified atom stereocenters. The van der Waals surface area contributed by atoms with E-state index in [2.05, 4.69) is 10.3 Å². The number of rotatable bonds is 5. The Labute approximate surface area is 100.0 Å². The number of carbonyl (C=O) groups excluding carboxylic acids is 1. The van der Waals surface area contributed by atoms with Gasteiger partial charge in [0.2, 0.25) is 0 Å². The number of hydrogen-bond donors (Lipinski definition) is 2. The highest BCUT2D eigenvalue weighted by molar-refractivity contribution is 5.83. The SMILES string of the molecule is CNCCC(=O)OCc1c[nH]c2ccccc12. The fourth-order valence-electron chi connectivity index (χ4n) is 1.71. The second-order valence-corrected chi connectivity index (χ2v) is 3.87. The normalized spacial score (nSPS) is 10.6. The minimum absolute atomic E-state index is 0.176. The molecule has 0 aliphatic heterocycles. The van der Waals surface area contributed by atoms with Gasteiger partial charge in [-0.2, -0.15) is 0 Å². The molecule has 0 fully saturated rings. The zero-order valence-corrected chi connectivity index (χ0v) is 9.82. The molecule has 90 valence electrons. The van der Waals surface area contributed by atoms with Crippen molar-refractivity contribution in [1.82, 2.24) is 10.3 Å². The van der Waals surface area contributed by atoms with Gasteiger partial charge < -0.3 is 15.0 Å². The Morgan fingerprint density at radius 1 is 1.41 bits per heavy atom. The number of nitrogens with one attached hydrogen (secondary N) is 2. The van der Waals surface area contributed by atoms with E-state index >= 15 is 0 Å². The molecular weight excluding hydrogens is 216 g/mol. The van der Waals surface area contributed by atoms with Gasteiger partial charge in [0, 0.05) is 29.2 Å². The molecule has 0 bridgehead atoms. The highest BCUT2D eigenvalue weighted by Gasteiger charge is 2.06. The van der Waals surface area contributed by atoms with Gasteiger partial charge in [-0.1, -0.05) is 18.2 Å². The molecule has 4 nitrogen and oxygen atoms in total. The number of carbonyl (C=O) groups is 1. The fourth-order valence-corrected chi connectivity index (χ4v) is 1.71. The van der Waals surface area contributed by atoms with E-state index in [1.165, 1.54) is 0 Å². The largest absolute Gasteiger partial charge is 0.461 e. The summed E-state index contributed by atoms with van der Waals surface area (Å²) in [4.78, 5) is 14.5. The first-order valence-corrected chi connectivity index (χ1v) is 5.66. The smallest absolute Gasteiger partial charge is 0.307 e. The van der Waals surface area contributed by atoms with Crippen LogP contribution in [0, 0.1) is 0 Å². The molecule has 0 amide bonds. The minimum Gasteiger partial charge on any atom is -0.461 e. The lowest BCUT2D eigenvalue weighted by Crippen LogP contribution is -2.14. The van der Waals surface area contributed by atoms with E-state index in [4.69, 9.17) is 4.74 Å². The van der Waals surface area contributed by atoms with Crippen molar-refractivity contribution in [2.75, 3.05) is 13.6 Å². The molecule has 4 heteroatoms. The number of hydrogen-bond acceptors (Lipinski definition) is 3. The second-order valence-electron chi connectivity index (χ2n) is 3.87. The molecule has 2 rings (SSSR count). The molecule has 1 heterocycles. The van der Waals surface area contributed by atoms with Gasteiger partial charge in [0.1, 0.15) is 6.61 Å². The molecule has 0 saturated heterocycles. The molecule has 1 aromatic carbocycles. The summed E-state index contributed by atoms with van der Waals surface area (Å²) in [5.41, 5.74) is 2.08. The van der Waals surface area contributed by atoms with Crippen LogP contribution in [0.2, 0.25) is 0 Å². The maximum atomic E-state index is 11.4. The summed E-state index contributed by atoms with van der Waals surface area (Å²) < 4.78 is 5.20. The van der Waals surface area contributed by atoms with Crippen LogP contribution in [0.25, 0.3) is 10.9 Å². The Morgan fingerprint density at radius 2 is 2.24 bits per heavy atom. The van der Waals surface area contributed by atoms with Crippen LogP contribution >= 0.6 is 0 Å². The third-order valence-corrected chi connectivity index (χ3v) is 2.64. The van der Waals surface area contributed by atoms with E-state index in [1.54, 1.807) is 0 Å². The molecule has 0 saturated carbocycles. The summed E-state index contributed by atoms with van der Waals surface area (Å²) in [6.45, 7) is 0.972. The predicted molar refractivity (Wildman–Crippen MR) is 66.6 cm³/mol. The summed E-state index contributed by atoms with van der Waals surface area (Å²) in [7, 11) is 1.81. The van der Waals surface area contributed by atoms with Crippen LogP contribution < -0.4 is 5.32 Å². The number of esters is 1. The molecule has 0 atom stereocenters. The standard InChI is InChI=1S/C13H16N2O2/c1-14-7-6-13(16)17-9-10-8-15-12-5-3-2-4-11(10)12/h2-5,8,14-15H,6-7,9H2,1H3. The van der Waals surface area contributed by atoms with Crippen molar-refractivity contribution in [2.45, 2.75) is 13.0 Å². The van der Waals surface area contributed by atoms with E-state index in [-0.39, 0.29) is 5.97 Å². The van der Waals surface area contributed by atoms with Gasteiger partial charge in [0.25, 0.3) is 0 Å². The van der Waals surface area contributed by atoms with Gasteiger partial charge in [-0.3, -0.25) is 4.79 Å². The van der Waals surface area contributed by atoms with Crippen molar-refractivity contribution in [3.05, 3.63) is 36.0 Å². The number of aromatic nitrogens is 1. The predicted octanol–water partition coefficient (Wildman–Crippen LogP) is 1.82. The number of benzene rings is 1. The number of H-pyrrole nitrogens is 1. The summed E-state index contributed by atoms with van der Waals surface area (Å²) in [6, 6.07) is 7.97. The summed E-state index contributed by atoms with van der Waals surface area (Å²) >= 11 is 0. The highest BCUT2D eigenvalue weighted by Crippen LogP contribution is 2.18. The average Bonchev–Trinajstić information content (AvgIpc) is 2.77. The van der Waals surface area contributed by atoms with Crippen molar-refractivity contribution in [2.24, 2.45) is 0 Å². The third-order valence-electron chi connectivity index (χ3n) is 2.64. The molecule has 2 aromatic rings. The Balaban J connectivity index is 1.97. The molecule has 1 aromatic heterocycles. The highest BCUT2D eigenvalue weighted by atomic mass is 16.5. The molecule has 0 spiro atoms. The Hall–Kier alpha value is -1.81. The molecule has 0 aliphatic carbocycles. The molecule has 2 N–H and O–H groups in total. The fraction of sp³-hybridized carbons (Fsp3) is 0.308. The lowest BCUT2D eigenvalue weighted by atomic mass is 10.2. The van der Waals surface area contributed by atoms with E-state index in [0.717, 1.165) is 16.5 Å². The van der Waals surface area contributed by atoms with Crippen LogP contribution in [0.5, 0.6) is 0 Å². The van der Waals surface area contributed by atoms with Gasteiger partial charge >= 0.3 is 5.97 Å². The van der Waals surface area contributed by atoms with Crippen LogP contribution in [-0.2, 0) is 16.1 Å². The first kappa shape index (κ1) is 11.7. The van der Waals surface area contributed by atoms with Crippen molar-refractivity contribution in [1.29, 1.82) is 0 Å². The average molecular weight is 232 g/mol. The van der Waals surface area contributed by atoms with Crippen molar-refractivity contribution in [3.8, 4) is 0 Å². The van der Waals surface area contributed by atoms with Crippen LogP contribution in [-0.4, -0.2) is 24.5 Å². The number of ether oxygens (including phenoxy) is 1. The summed E-state index contributed by atoms with van der Waals surface area (Å²) in [5.74, 6) is -0.176. The van der Waals surface area contributed by atoms with E-state index in [1.807, 2.05) is 37.5 Å². The van der Waals surface area contributed by atoms with Gasteiger partial charge in [-0.15, -0.1) is 0 Å². The minimum atomic E-state index is -0.176. The number of fused-ring (bicyclic) bond motifs is 1. The Morgan fingerprint density at radius 3 is 3.06 bits per heavy atom. The van der Waals surface area contributed by atoms with Crippen molar-refractivity contribution < 1.29 is 9.53 Å². The number of aromatic amines is 1. The maximum Gasteiger partial charge on any atom is 0.307 e. The van der Waals surface area contributed by atoms with Crippen LogP contribution in [0.15, 0.2) is 30.5 Å². The van der Waals surface area contributed by atoms with E-state index in [0.29, 0.717) is 19.6 Å². The first-order valence-electron chi connectivity index (χ1n) is 5.66. The molecule has 0 aliphatic rings. The quantitative estimate of drug-likeness (QED) is 0.773.